The van der Waals surface area contributed by atoms with Gasteiger partial charge in [0.15, 0.2) is 6.10 Å². The number of fused-ring (bicyclic) bond motifs is 1. The number of anilines is 1. The summed E-state index contributed by atoms with van der Waals surface area (Å²) in [6.45, 7) is 7.51. The largest absolute Gasteiger partial charge is 0.452 e. The van der Waals surface area contributed by atoms with Crippen molar-refractivity contribution in [3.05, 3.63) is 76.9 Å². The Hall–Kier alpha value is -3.14. The second-order valence-corrected chi connectivity index (χ2v) is 7.21. The van der Waals surface area contributed by atoms with Crippen LogP contribution in [0.15, 0.2) is 54.6 Å². The van der Waals surface area contributed by atoms with Crippen molar-refractivity contribution in [1.29, 1.82) is 0 Å². The van der Waals surface area contributed by atoms with Crippen molar-refractivity contribution in [3.63, 3.8) is 0 Å². The first-order valence-corrected chi connectivity index (χ1v) is 9.40. The summed E-state index contributed by atoms with van der Waals surface area (Å²) < 4.78 is 5.39. The maximum absolute atomic E-state index is 12.5. The summed E-state index contributed by atoms with van der Waals surface area (Å²) in [5.74, 6) is -0.752. The van der Waals surface area contributed by atoms with E-state index in [9.17, 15) is 9.59 Å². The molecule has 144 valence electrons. The van der Waals surface area contributed by atoms with Crippen LogP contribution >= 0.6 is 0 Å². The fraction of sp³-hybridized carbons (Fsp3) is 0.250. The van der Waals surface area contributed by atoms with Gasteiger partial charge in [-0.15, -0.1) is 0 Å². The predicted octanol–water partition coefficient (Wildman–Crippen LogP) is 4.88. The zero-order chi connectivity index (χ0) is 20.3. The number of hydrogen-bond donors (Lipinski definition) is 1. The van der Waals surface area contributed by atoms with E-state index in [4.69, 9.17) is 4.74 Å². The second kappa shape index (κ2) is 8.26. The molecule has 4 nitrogen and oxygen atoms in total. The third-order valence-electron chi connectivity index (χ3n) is 4.82. The second-order valence-electron chi connectivity index (χ2n) is 7.21. The quantitative estimate of drug-likeness (QED) is 0.647. The summed E-state index contributed by atoms with van der Waals surface area (Å²) in [6, 6.07) is 17.8. The Bertz CT molecular complexity index is 1010. The minimum atomic E-state index is -0.873. The number of rotatable bonds is 5. The Kier molecular flexibility index (Phi) is 5.78. The van der Waals surface area contributed by atoms with Crippen LogP contribution < -0.4 is 5.32 Å². The monoisotopic (exact) mass is 375 g/mol. The van der Waals surface area contributed by atoms with E-state index in [0.29, 0.717) is 0 Å². The van der Waals surface area contributed by atoms with E-state index in [1.807, 2.05) is 75.4 Å². The van der Waals surface area contributed by atoms with Crippen LogP contribution in [0.4, 0.5) is 5.69 Å². The number of benzene rings is 3. The standard InChI is InChI=1S/C24H25NO3/c1-15-12-16(2)23(17(3)13-15)25-24(27)18(4)28-22(26)14-20-10-7-9-19-8-5-6-11-21(19)20/h5-13,18H,14H2,1-4H3,(H,25,27)/t18-/m1/s1. The van der Waals surface area contributed by atoms with E-state index in [0.717, 1.165) is 38.7 Å². The van der Waals surface area contributed by atoms with Crippen molar-refractivity contribution >= 4 is 28.3 Å². The van der Waals surface area contributed by atoms with Crippen LogP contribution in [-0.2, 0) is 20.7 Å². The lowest BCUT2D eigenvalue weighted by Gasteiger charge is -2.17. The van der Waals surface area contributed by atoms with E-state index in [2.05, 4.69) is 5.32 Å². The van der Waals surface area contributed by atoms with Gasteiger partial charge in [-0.1, -0.05) is 60.2 Å². The van der Waals surface area contributed by atoms with Crippen LogP contribution in [0.1, 0.15) is 29.2 Å². The lowest BCUT2D eigenvalue weighted by molar-refractivity contribution is -0.152. The molecule has 3 aromatic carbocycles. The summed E-state index contributed by atoms with van der Waals surface area (Å²) in [7, 11) is 0. The molecule has 0 aromatic heterocycles. The SMILES string of the molecule is Cc1cc(C)c(NC(=O)[C@@H](C)OC(=O)Cc2cccc3ccccc23)c(C)c1. The molecular formula is C24H25NO3. The number of nitrogens with one attached hydrogen (secondary N) is 1. The molecule has 0 radical (unpaired) electrons. The number of aryl methyl sites for hydroxylation is 3. The Labute approximate surface area is 165 Å². The van der Waals surface area contributed by atoms with Crippen molar-refractivity contribution in [2.45, 2.75) is 40.2 Å². The fourth-order valence-electron chi connectivity index (χ4n) is 3.50. The zero-order valence-corrected chi connectivity index (χ0v) is 16.7. The Morgan fingerprint density at radius 2 is 1.61 bits per heavy atom. The number of esters is 1. The number of carbonyl (C=O) groups excluding carboxylic acids is 2. The van der Waals surface area contributed by atoms with Gasteiger partial charge in [-0.25, -0.2) is 0 Å². The molecule has 0 saturated heterocycles. The van der Waals surface area contributed by atoms with Crippen LogP contribution in [0.25, 0.3) is 10.8 Å². The minimum Gasteiger partial charge on any atom is -0.452 e. The molecule has 0 aliphatic carbocycles. The molecular weight excluding hydrogens is 350 g/mol. The zero-order valence-electron chi connectivity index (χ0n) is 16.7. The third-order valence-corrected chi connectivity index (χ3v) is 4.82. The highest BCUT2D eigenvalue weighted by atomic mass is 16.5. The van der Waals surface area contributed by atoms with Gasteiger partial charge in [0.2, 0.25) is 0 Å². The average Bonchev–Trinajstić information content (AvgIpc) is 2.64. The van der Waals surface area contributed by atoms with E-state index in [1.54, 1.807) is 6.92 Å². The van der Waals surface area contributed by atoms with Gasteiger partial charge in [0.1, 0.15) is 0 Å². The van der Waals surface area contributed by atoms with Gasteiger partial charge in [-0.05, 0) is 55.2 Å². The summed E-state index contributed by atoms with van der Waals surface area (Å²) in [4.78, 5) is 24.9. The van der Waals surface area contributed by atoms with Crippen molar-refractivity contribution in [2.24, 2.45) is 0 Å². The van der Waals surface area contributed by atoms with Gasteiger partial charge in [0.25, 0.3) is 5.91 Å². The third kappa shape index (κ3) is 4.39. The normalized spacial score (nSPS) is 11.9. The maximum atomic E-state index is 12.5. The molecule has 0 aliphatic heterocycles. The van der Waals surface area contributed by atoms with Crippen LogP contribution in [-0.4, -0.2) is 18.0 Å². The molecule has 0 saturated carbocycles. The Morgan fingerprint density at radius 1 is 0.964 bits per heavy atom. The minimum absolute atomic E-state index is 0.127. The predicted molar refractivity (Wildman–Crippen MR) is 112 cm³/mol. The molecule has 3 rings (SSSR count). The smallest absolute Gasteiger partial charge is 0.311 e. The topological polar surface area (TPSA) is 55.4 Å². The van der Waals surface area contributed by atoms with Crippen molar-refractivity contribution in [1.82, 2.24) is 0 Å². The van der Waals surface area contributed by atoms with E-state index >= 15 is 0 Å². The number of carbonyl (C=O) groups is 2. The van der Waals surface area contributed by atoms with E-state index < -0.39 is 12.1 Å². The molecule has 0 fully saturated rings. The highest BCUT2D eigenvalue weighted by molar-refractivity contribution is 5.97. The molecule has 4 heteroatoms. The molecule has 0 bridgehead atoms. The van der Waals surface area contributed by atoms with Crippen LogP contribution in [0.2, 0.25) is 0 Å². The van der Waals surface area contributed by atoms with Gasteiger partial charge in [0.05, 0.1) is 6.42 Å². The molecule has 1 amide bonds. The van der Waals surface area contributed by atoms with Gasteiger partial charge in [0, 0.05) is 5.69 Å². The van der Waals surface area contributed by atoms with Gasteiger partial charge in [-0.2, -0.15) is 0 Å². The molecule has 0 spiro atoms. The van der Waals surface area contributed by atoms with E-state index in [1.165, 1.54) is 0 Å². The Balaban J connectivity index is 1.66. The molecule has 28 heavy (non-hydrogen) atoms. The lowest BCUT2D eigenvalue weighted by atomic mass is 10.0. The Morgan fingerprint density at radius 3 is 2.32 bits per heavy atom. The molecule has 3 aromatic rings. The first-order valence-electron chi connectivity index (χ1n) is 9.40. The first kappa shape index (κ1) is 19.6. The van der Waals surface area contributed by atoms with Crippen molar-refractivity contribution in [2.75, 3.05) is 5.32 Å². The van der Waals surface area contributed by atoms with Gasteiger partial charge < -0.3 is 10.1 Å². The number of hydrogen-bond acceptors (Lipinski definition) is 3. The van der Waals surface area contributed by atoms with Gasteiger partial charge >= 0.3 is 5.97 Å². The summed E-state index contributed by atoms with van der Waals surface area (Å²) in [5.41, 5.74) is 4.77. The molecule has 0 unspecified atom stereocenters. The van der Waals surface area contributed by atoms with E-state index in [-0.39, 0.29) is 12.3 Å². The fourth-order valence-corrected chi connectivity index (χ4v) is 3.50. The highest BCUT2D eigenvalue weighted by Gasteiger charge is 2.20. The maximum Gasteiger partial charge on any atom is 0.311 e. The van der Waals surface area contributed by atoms with Crippen LogP contribution in [0, 0.1) is 20.8 Å². The highest BCUT2D eigenvalue weighted by Crippen LogP contribution is 2.23. The lowest BCUT2D eigenvalue weighted by Crippen LogP contribution is -2.31. The number of ether oxygens (including phenoxy) is 1. The molecule has 0 aliphatic rings. The first-order chi connectivity index (χ1) is 13.3. The van der Waals surface area contributed by atoms with Crippen LogP contribution in [0.5, 0.6) is 0 Å². The summed E-state index contributed by atoms with van der Waals surface area (Å²) in [6.07, 6.45) is -0.746. The molecule has 1 N–H and O–H groups in total. The van der Waals surface area contributed by atoms with Crippen molar-refractivity contribution in [3.8, 4) is 0 Å². The van der Waals surface area contributed by atoms with Crippen molar-refractivity contribution < 1.29 is 14.3 Å². The number of amides is 1. The van der Waals surface area contributed by atoms with Crippen LogP contribution in [0.3, 0.4) is 0 Å². The van der Waals surface area contributed by atoms with Gasteiger partial charge in [-0.3, -0.25) is 9.59 Å². The summed E-state index contributed by atoms with van der Waals surface area (Å²) in [5, 5.41) is 4.98. The molecule has 1 atom stereocenters. The molecule has 0 heterocycles. The summed E-state index contributed by atoms with van der Waals surface area (Å²) >= 11 is 0. The average molecular weight is 375 g/mol.